The van der Waals surface area contributed by atoms with E-state index < -0.39 is 12.1 Å². The highest BCUT2D eigenvalue weighted by molar-refractivity contribution is 5.67. The molecule has 0 spiro atoms. The number of carboxylic acids is 1. The first-order valence-electron chi connectivity index (χ1n) is 5.33. The summed E-state index contributed by atoms with van der Waals surface area (Å²) < 4.78 is 0. The van der Waals surface area contributed by atoms with Gasteiger partial charge in [-0.25, -0.2) is 0 Å². The molecule has 0 aliphatic heterocycles. The second-order valence-corrected chi connectivity index (χ2v) is 3.63. The summed E-state index contributed by atoms with van der Waals surface area (Å²) in [5, 5.41) is 26.7. The SMILES string of the molecule is CCCCN(CCO)CC(O)CC(=O)O. The van der Waals surface area contributed by atoms with Gasteiger partial charge in [-0.05, 0) is 13.0 Å². The van der Waals surface area contributed by atoms with Gasteiger partial charge in [-0.3, -0.25) is 9.69 Å². The molecule has 5 nitrogen and oxygen atoms in total. The number of aliphatic carboxylic acids is 1. The summed E-state index contributed by atoms with van der Waals surface area (Å²) >= 11 is 0. The second-order valence-electron chi connectivity index (χ2n) is 3.63. The van der Waals surface area contributed by atoms with E-state index in [2.05, 4.69) is 6.92 Å². The fourth-order valence-corrected chi connectivity index (χ4v) is 1.38. The molecule has 15 heavy (non-hydrogen) atoms. The lowest BCUT2D eigenvalue weighted by Crippen LogP contribution is -2.36. The lowest BCUT2D eigenvalue weighted by Gasteiger charge is -2.23. The minimum atomic E-state index is -0.998. The molecular weight excluding hydrogens is 198 g/mol. The maximum Gasteiger partial charge on any atom is 0.306 e. The Morgan fingerprint density at radius 2 is 2.07 bits per heavy atom. The number of carboxylic acid groups (broad SMARTS) is 1. The normalized spacial score (nSPS) is 13.1. The molecule has 1 unspecified atom stereocenters. The van der Waals surface area contributed by atoms with E-state index in [-0.39, 0.29) is 13.0 Å². The van der Waals surface area contributed by atoms with Crippen LogP contribution >= 0.6 is 0 Å². The summed E-state index contributed by atoms with van der Waals surface area (Å²) in [5.74, 6) is -0.998. The molecule has 0 aliphatic rings. The zero-order valence-corrected chi connectivity index (χ0v) is 9.22. The first kappa shape index (κ1) is 14.3. The van der Waals surface area contributed by atoms with E-state index in [9.17, 15) is 9.90 Å². The number of rotatable bonds is 9. The Morgan fingerprint density at radius 3 is 2.53 bits per heavy atom. The maximum absolute atomic E-state index is 10.3. The Hall–Kier alpha value is -0.650. The molecule has 0 saturated carbocycles. The number of aliphatic hydroxyl groups excluding tert-OH is 2. The Kier molecular flexibility index (Phi) is 8.27. The molecule has 0 amide bonds. The Labute approximate surface area is 90.3 Å². The molecule has 90 valence electrons. The summed E-state index contributed by atoms with van der Waals surface area (Å²) in [7, 11) is 0. The van der Waals surface area contributed by atoms with Crippen LogP contribution in [0.5, 0.6) is 0 Å². The highest BCUT2D eigenvalue weighted by atomic mass is 16.4. The molecule has 1 atom stereocenters. The fraction of sp³-hybridized carbons (Fsp3) is 0.900. The number of hydrogen-bond acceptors (Lipinski definition) is 4. The topological polar surface area (TPSA) is 81.0 Å². The number of hydrogen-bond donors (Lipinski definition) is 3. The maximum atomic E-state index is 10.3. The van der Waals surface area contributed by atoms with E-state index in [4.69, 9.17) is 10.2 Å². The van der Waals surface area contributed by atoms with Crippen molar-refractivity contribution in [3.8, 4) is 0 Å². The summed E-state index contributed by atoms with van der Waals surface area (Å²) in [6.45, 7) is 3.67. The van der Waals surface area contributed by atoms with Crippen molar-refractivity contribution >= 4 is 5.97 Å². The molecule has 3 N–H and O–H groups in total. The van der Waals surface area contributed by atoms with E-state index in [0.717, 1.165) is 19.4 Å². The zero-order valence-electron chi connectivity index (χ0n) is 9.22. The standard InChI is InChI=1S/C10H21NO4/c1-2-3-4-11(5-6-12)8-9(13)7-10(14)15/h9,12-13H,2-8H2,1H3,(H,14,15). The van der Waals surface area contributed by atoms with Crippen LogP contribution in [-0.2, 0) is 4.79 Å². The predicted molar refractivity (Wildman–Crippen MR) is 56.7 cm³/mol. The van der Waals surface area contributed by atoms with Gasteiger partial charge in [-0.1, -0.05) is 13.3 Å². The molecule has 0 aromatic carbocycles. The van der Waals surface area contributed by atoms with E-state index in [1.54, 1.807) is 0 Å². The van der Waals surface area contributed by atoms with Crippen molar-refractivity contribution in [2.45, 2.75) is 32.3 Å². The van der Waals surface area contributed by atoms with Gasteiger partial charge in [0.2, 0.25) is 0 Å². The van der Waals surface area contributed by atoms with Crippen LogP contribution in [0.1, 0.15) is 26.2 Å². The van der Waals surface area contributed by atoms with Gasteiger partial charge in [-0.2, -0.15) is 0 Å². The molecule has 0 radical (unpaired) electrons. The molecule has 0 saturated heterocycles. The molecule has 0 aromatic heterocycles. The number of carbonyl (C=O) groups is 1. The van der Waals surface area contributed by atoms with Crippen LogP contribution in [0.3, 0.4) is 0 Å². The summed E-state index contributed by atoms with van der Waals surface area (Å²) in [4.78, 5) is 12.2. The van der Waals surface area contributed by atoms with Crippen molar-refractivity contribution in [3.05, 3.63) is 0 Å². The summed E-state index contributed by atoms with van der Waals surface area (Å²) in [6, 6.07) is 0. The Balaban J connectivity index is 3.85. The minimum absolute atomic E-state index is 0.0313. The Morgan fingerprint density at radius 1 is 1.40 bits per heavy atom. The van der Waals surface area contributed by atoms with Crippen molar-refractivity contribution in [2.24, 2.45) is 0 Å². The van der Waals surface area contributed by atoms with Crippen LogP contribution in [0.25, 0.3) is 0 Å². The minimum Gasteiger partial charge on any atom is -0.481 e. The van der Waals surface area contributed by atoms with E-state index in [1.165, 1.54) is 0 Å². The van der Waals surface area contributed by atoms with Gasteiger partial charge < -0.3 is 15.3 Å². The number of aliphatic hydroxyl groups is 2. The van der Waals surface area contributed by atoms with Crippen LogP contribution in [0.4, 0.5) is 0 Å². The average Bonchev–Trinajstić information content (AvgIpc) is 2.13. The zero-order chi connectivity index (χ0) is 11.7. The molecule has 5 heteroatoms. The van der Waals surface area contributed by atoms with E-state index >= 15 is 0 Å². The van der Waals surface area contributed by atoms with Crippen LogP contribution < -0.4 is 0 Å². The third-order valence-corrected chi connectivity index (χ3v) is 2.12. The van der Waals surface area contributed by atoms with Crippen LogP contribution in [0, 0.1) is 0 Å². The molecule has 0 aliphatic carbocycles. The first-order chi connectivity index (χ1) is 7.10. The summed E-state index contributed by atoms with van der Waals surface area (Å²) in [6.07, 6.45) is 0.927. The third kappa shape index (κ3) is 8.35. The van der Waals surface area contributed by atoms with E-state index in [0.29, 0.717) is 13.1 Å². The van der Waals surface area contributed by atoms with E-state index in [1.807, 2.05) is 4.90 Å². The molecule has 0 rings (SSSR count). The number of nitrogens with zero attached hydrogens (tertiary/aromatic N) is 1. The predicted octanol–water partition coefficient (Wildman–Crippen LogP) is -0.0836. The van der Waals surface area contributed by atoms with Gasteiger partial charge in [0.1, 0.15) is 0 Å². The highest BCUT2D eigenvalue weighted by Crippen LogP contribution is 2.00. The lowest BCUT2D eigenvalue weighted by molar-refractivity contribution is -0.139. The van der Waals surface area contributed by atoms with Gasteiger partial charge in [0.25, 0.3) is 0 Å². The van der Waals surface area contributed by atoms with Gasteiger partial charge in [0.05, 0.1) is 19.1 Å². The first-order valence-corrected chi connectivity index (χ1v) is 5.33. The van der Waals surface area contributed by atoms with Gasteiger partial charge >= 0.3 is 5.97 Å². The molecule has 0 bridgehead atoms. The quantitative estimate of drug-likeness (QED) is 0.505. The van der Waals surface area contributed by atoms with Crippen molar-refractivity contribution in [2.75, 3.05) is 26.2 Å². The summed E-state index contributed by atoms with van der Waals surface area (Å²) in [5.41, 5.74) is 0. The Bertz CT molecular complexity index is 175. The van der Waals surface area contributed by atoms with Crippen molar-refractivity contribution < 1.29 is 20.1 Å². The smallest absolute Gasteiger partial charge is 0.306 e. The van der Waals surface area contributed by atoms with Crippen molar-refractivity contribution in [1.29, 1.82) is 0 Å². The van der Waals surface area contributed by atoms with Crippen molar-refractivity contribution in [3.63, 3.8) is 0 Å². The third-order valence-electron chi connectivity index (χ3n) is 2.12. The average molecular weight is 219 g/mol. The molecule has 0 aromatic rings. The van der Waals surface area contributed by atoms with Gasteiger partial charge in [-0.15, -0.1) is 0 Å². The molecule has 0 fully saturated rings. The highest BCUT2D eigenvalue weighted by Gasteiger charge is 2.13. The number of unbranched alkanes of at least 4 members (excludes halogenated alkanes) is 1. The largest absolute Gasteiger partial charge is 0.481 e. The lowest BCUT2D eigenvalue weighted by atomic mass is 10.2. The second kappa shape index (κ2) is 8.64. The monoisotopic (exact) mass is 219 g/mol. The van der Waals surface area contributed by atoms with Crippen LogP contribution in [-0.4, -0.2) is 58.5 Å². The van der Waals surface area contributed by atoms with Gasteiger partial charge in [0.15, 0.2) is 0 Å². The fourth-order valence-electron chi connectivity index (χ4n) is 1.38. The van der Waals surface area contributed by atoms with Crippen LogP contribution in [0.2, 0.25) is 0 Å². The van der Waals surface area contributed by atoms with Crippen molar-refractivity contribution in [1.82, 2.24) is 4.90 Å². The molecule has 0 heterocycles. The van der Waals surface area contributed by atoms with Gasteiger partial charge in [0, 0.05) is 13.1 Å². The van der Waals surface area contributed by atoms with Crippen LogP contribution in [0.15, 0.2) is 0 Å². The molecular formula is C10H21NO4.